The molecule has 2 rings (SSSR count). The lowest BCUT2D eigenvalue weighted by Gasteiger charge is -2.04. The number of nitrogens with one attached hydrogen (secondary N) is 1. The molecule has 1 heterocycles. The average molecular weight is 256 g/mol. The lowest BCUT2D eigenvalue weighted by molar-refractivity contribution is 0.0695. The van der Waals surface area contributed by atoms with Crippen molar-refractivity contribution in [2.75, 3.05) is 0 Å². The van der Waals surface area contributed by atoms with Crippen molar-refractivity contribution in [3.63, 3.8) is 0 Å². The van der Waals surface area contributed by atoms with E-state index in [0.717, 1.165) is 5.56 Å². The lowest BCUT2D eigenvalue weighted by Crippen LogP contribution is -2.23. The van der Waals surface area contributed by atoms with Gasteiger partial charge in [-0.3, -0.25) is 9.78 Å². The molecule has 0 bridgehead atoms. The monoisotopic (exact) mass is 256 g/mol. The Morgan fingerprint density at radius 2 is 1.84 bits per heavy atom. The highest BCUT2D eigenvalue weighted by molar-refractivity contribution is 5.93. The SMILES string of the molecule is O=C(O)c1ccc(C(=O)NCc2ccccc2)nc1. The third-order valence-corrected chi connectivity index (χ3v) is 2.54. The van der Waals surface area contributed by atoms with Crippen LogP contribution in [0.1, 0.15) is 26.4 Å². The van der Waals surface area contributed by atoms with Crippen molar-refractivity contribution in [1.82, 2.24) is 10.3 Å². The maximum Gasteiger partial charge on any atom is 0.337 e. The molecule has 0 saturated carbocycles. The summed E-state index contributed by atoms with van der Waals surface area (Å²) in [4.78, 5) is 26.2. The van der Waals surface area contributed by atoms with Gasteiger partial charge in [0.25, 0.3) is 5.91 Å². The Morgan fingerprint density at radius 1 is 1.11 bits per heavy atom. The number of hydrogen-bond donors (Lipinski definition) is 2. The molecule has 0 spiro atoms. The molecule has 0 aliphatic rings. The van der Waals surface area contributed by atoms with Gasteiger partial charge in [0.05, 0.1) is 5.56 Å². The van der Waals surface area contributed by atoms with Crippen LogP contribution in [0.15, 0.2) is 48.7 Å². The number of aromatic nitrogens is 1. The van der Waals surface area contributed by atoms with Crippen molar-refractivity contribution < 1.29 is 14.7 Å². The first-order valence-electron chi connectivity index (χ1n) is 5.68. The first-order chi connectivity index (χ1) is 9.16. The summed E-state index contributed by atoms with van der Waals surface area (Å²) >= 11 is 0. The minimum Gasteiger partial charge on any atom is -0.478 e. The van der Waals surface area contributed by atoms with Gasteiger partial charge in [0.1, 0.15) is 5.69 Å². The molecular formula is C14H12N2O3. The molecular weight excluding hydrogens is 244 g/mol. The predicted molar refractivity (Wildman–Crippen MR) is 68.8 cm³/mol. The molecule has 1 aromatic heterocycles. The molecule has 0 saturated heterocycles. The van der Waals surface area contributed by atoms with Gasteiger partial charge in [-0.1, -0.05) is 30.3 Å². The van der Waals surface area contributed by atoms with Crippen LogP contribution in [0.3, 0.4) is 0 Å². The van der Waals surface area contributed by atoms with E-state index >= 15 is 0 Å². The van der Waals surface area contributed by atoms with E-state index in [0.29, 0.717) is 6.54 Å². The fourth-order valence-electron chi connectivity index (χ4n) is 1.52. The summed E-state index contributed by atoms with van der Waals surface area (Å²) in [6, 6.07) is 12.2. The maximum absolute atomic E-state index is 11.8. The van der Waals surface area contributed by atoms with Gasteiger partial charge < -0.3 is 10.4 Å². The summed E-state index contributed by atoms with van der Waals surface area (Å²) in [7, 11) is 0. The molecule has 0 radical (unpaired) electrons. The summed E-state index contributed by atoms with van der Waals surface area (Å²) in [5, 5.41) is 11.4. The molecule has 5 nitrogen and oxygen atoms in total. The van der Waals surface area contributed by atoms with E-state index in [9.17, 15) is 9.59 Å². The Kier molecular flexibility index (Phi) is 3.87. The number of hydrogen-bond acceptors (Lipinski definition) is 3. The Balaban J connectivity index is 1.98. The summed E-state index contributed by atoms with van der Waals surface area (Å²) in [5.74, 6) is -1.40. The Labute approximate surface area is 109 Å². The van der Waals surface area contributed by atoms with Gasteiger partial charge in [-0.25, -0.2) is 4.79 Å². The van der Waals surface area contributed by atoms with E-state index in [4.69, 9.17) is 5.11 Å². The third kappa shape index (κ3) is 3.38. The van der Waals surface area contributed by atoms with E-state index in [2.05, 4.69) is 10.3 Å². The molecule has 2 aromatic rings. The molecule has 0 fully saturated rings. The van der Waals surface area contributed by atoms with Gasteiger partial charge in [0.15, 0.2) is 0 Å². The fraction of sp³-hybridized carbons (Fsp3) is 0.0714. The number of aromatic carboxylic acids is 1. The molecule has 19 heavy (non-hydrogen) atoms. The number of carboxylic acid groups (broad SMARTS) is 1. The summed E-state index contributed by atoms with van der Waals surface area (Å²) < 4.78 is 0. The van der Waals surface area contributed by atoms with Crippen LogP contribution in [0.2, 0.25) is 0 Å². The molecule has 0 atom stereocenters. The van der Waals surface area contributed by atoms with Crippen molar-refractivity contribution in [3.8, 4) is 0 Å². The third-order valence-electron chi connectivity index (χ3n) is 2.54. The van der Waals surface area contributed by atoms with E-state index in [1.165, 1.54) is 18.3 Å². The van der Waals surface area contributed by atoms with Gasteiger partial charge in [-0.15, -0.1) is 0 Å². The zero-order valence-electron chi connectivity index (χ0n) is 10.0. The summed E-state index contributed by atoms with van der Waals surface area (Å²) in [6.07, 6.45) is 1.17. The second kappa shape index (κ2) is 5.77. The van der Waals surface area contributed by atoms with Crippen molar-refractivity contribution in [3.05, 3.63) is 65.5 Å². The van der Waals surface area contributed by atoms with Gasteiger partial charge in [-0.05, 0) is 17.7 Å². The molecule has 1 amide bonds. The Bertz CT molecular complexity index is 579. The van der Waals surface area contributed by atoms with Crippen molar-refractivity contribution >= 4 is 11.9 Å². The predicted octanol–water partition coefficient (Wildman–Crippen LogP) is 1.71. The summed E-state index contributed by atoms with van der Waals surface area (Å²) in [6.45, 7) is 0.405. The minimum atomic E-state index is -1.07. The maximum atomic E-state index is 11.8. The topological polar surface area (TPSA) is 79.3 Å². The second-order valence-corrected chi connectivity index (χ2v) is 3.91. The first kappa shape index (κ1) is 12.8. The van der Waals surface area contributed by atoms with Crippen molar-refractivity contribution in [1.29, 1.82) is 0 Å². The van der Waals surface area contributed by atoms with Gasteiger partial charge >= 0.3 is 5.97 Å². The highest BCUT2D eigenvalue weighted by Crippen LogP contribution is 2.02. The zero-order valence-corrected chi connectivity index (χ0v) is 10.0. The number of carbonyl (C=O) groups is 2. The van der Waals surface area contributed by atoms with Crippen LogP contribution in [0, 0.1) is 0 Å². The quantitative estimate of drug-likeness (QED) is 0.872. The zero-order chi connectivity index (χ0) is 13.7. The number of amides is 1. The van der Waals surface area contributed by atoms with Crippen LogP contribution in [-0.4, -0.2) is 22.0 Å². The Morgan fingerprint density at radius 3 is 2.42 bits per heavy atom. The lowest BCUT2D eigenvalue weighted by atomic mass is 10.2. The number of nitrogens with zero attached hydrogens (tertiary/aromatic N) is 1. The van der Waals surface area contributed by atoms with Crippen LogP contribution in [-0.2, 0) is 6.54 Å². The van der Waals surface area contributed by atoms with E-state index in [1.54, 1.807) is 0 Å². The number of carbonyl (C=O) groups excluding carboxylic acids is 1. The van der Waals surface area contributed by atoms with Crippen LogP contribution in [0.5, 0.6) is 0 Å². The number of benzene rings is 1. The van der Waals surface area contributed by atoms with Gasteiger partial charge in [-0.2, -0.15) is 0 Å². The molecule has 5 heteroatoms. The largest absolute Gasteiger partial charge is 0.478 e. The minimum absolute atomic E-state index is 0.0552. The van der Waals surface area contributed by atoms with E-state index < -0.39 is 5.97 Å². The van der Waals surface area contributed by atoms with E-state index in [-0.39, 0.29) is 17.2 Å². The molecule has 1 aromatic carbocycles. The van der Waals surface area contributed by atoms with Gasteiger partial charge in [0, 0.05) is 12.7 Å². The molecule has 0 aliphatic carbocycles. The molecule has 2 N–H and O–H groups in total. The number of carboxylic acids is 1. The molecule has 96 valence electrons. The number of rotatable bonds is 4. The van der Waals surface area contributed by atoms with Crippen LogP contribution in [0.25, 0.3) is 0 Å². The first-order valence-corrected chi connectivity index (χ1v) is 5.68. The highest BCUT2D eigenvalue weighted by atomic mass is 16.4. The van der Waals surface area contributed by atoms with Crippen LogP contribution >= 0.6 is 0 Å². The second-order valence-electron chi connectivity index (χ2n) is 3.91. The van der Waals surface area contributed by atoms with Crippen molar-refractivity contribution in [2.45, 2.75) is 6.54 Å². The van der Waals surface area contributed by atoms with Crippen LogP contribution < -0.4 is 5.32 Å². The normalized spacial score (nSPS) is 9.89. The smallest absolute Gasteiger partial charge is 0.337 e. The standard InChI is InChI=1S/C14H12N2O3/c17-13(16-8-10-4-2-1-3-5-10)12-7-6-11(9-15-12)14(18)19/h1-7,9H,8H2,(H,16,17)(H,18,19). The summed E-state index contributed by atoms with van der Waals surface area (Å²) in [5.41, 5.74) is 1.23. The van der Waals surface area contributed by atoms with Crippen LogP contribution in [0.4, 0.5) is 0 Å². The van der Waals surface area contributed by atoms with Gasteiger partial charge in [0.2, 0.25) is 0 Å². The fourth-order valence-corrected chi connectivity index (χ4v) is 1.52. The Hall–Kier alpha value is -2.69. The number of pyridine rings is 1. The highest BCUT2D eigenvalue weighted by Gasteiger charge is 2.08. The van der Waals surface area contributed by atoms with E-state index in [1.807, 2.05) is 30.3 Å². The average Bonchev–Trinajstić information content (AvgIpc) is 2.46. The van der Waals surface area contributed by atoms with Crippen molar-refractivity contribution in [2.24, 2.45) is 0 Å². The molecule has 0 aliphatic heterocycles. The molecule has 0 unspecified atom stereocenters.